The van der Waals surface area contributed by atoms with Crippen molar-refractivity contribution in [3.63, 3.8) is 0 Å². The molecule has 1 aromatic heterocycles. The molecule has 1 unspecified atom stereocenters. The van der Waals surface area contributed by atoms with E-state index in [1.54, 1.807) is 0 Å². The van der Waals surface area contributed by atoms with Crippen molar-refractivity contribution >= 4 is 34.9 Å². The number of carbonyl (C=O) groups is 2. The quantitative estimate of drug-likeness (QED) is 0.471. The van der Waals surface area contributed by atoms with E-state index in [-0.39, 0.29) is 23.6 Å². The first kappa shape index (κ1) is 22.4. The second kappa shape index (κ2) is 7.40. The Morgan fingerprint density at radius 2 is 1.84 bits per heavy atom. The van der Waals surface area contributed by atoms with E-state index in [0.717, 1.165) is 28.0 Å². The molecule has 1 aromatic carbocycles. The summed E-state index contributed by atoms with van der Waals surface area (Å²) in [6, 6.07) is 1.83. The number of likely N-dealkylation sites (N-methyl/N-ethyl adjacent to an activating group) is 1. The summed E-state index contributed by atoms with van der Waals surface area (Å²) in [5.41, 5.74) is -2.14. The van der Waals surface area contributed by atoms with Gasteiger partial charge in [-0.05, 0) is 44.4 Å². The van der Waals surface area contributed by atoms with Crippen LogP contribution in [0, 0.1) is 24.0 Å². The van der Waals surface area contributed by atoms with Crippen LogP contribution in [-0.2, 0) is 15.8 Å². The minimum Gasteiger partial charge on any atom is -0.311 e. The molecule has 0 N–H and O–H groups in total. The van der Waals surface area contributed by atoms with Crippen LogP contribution in [-0.4, -0.2) is 29.9 Å². The Kier molecular flexibility index (Phi) is 5.19. The van der Waals surface area contributed by atoms with Crippen LogP contribution < -0.4 is 9.80 Å². The van der Waals surface area contributed by atoms with Crippen LogP contribution in [0.25, 0.3) is 0 Å². The molecule has 1 aliphatic carbocycles. The highest BCUT2D eigenvalue weighted by Crippen LogP contribution is 2.56. The number of alkyl halides is 3. The molecule has 32 heavy (non-hydrogen) atoms. The van der Waals surface area contributed by atoms with Gasteiger partial charge in [0.25, 0.3) is 0 Å². The fourth-order valence-corrected chi connectivity index (χ4v) is 4.18. The maximum atomic E-state index is 14.3. The maximum Gasteiger partial charge on any atom is 0.416 e. The van der Waals surface area contributed by atoms with Crippen molar-refractivity contribution in [1.29, 1.82) is 0 Å². The average molecular weight is 474 g/mol. The van der Waals surface area contributed by atoms with Crippen LogP contribution in [0.5, 0.6) is 0 Å². The number of carbonyl (C=O) groups excluding carboxylic acids is 2. The average Bonchev–Trinajstić information content (AvgIpc) is 3.42. The zero-order valence-electron chi connectivity index (χ0n) is 16.9. The summed E-state index contributed by atoms with van der Waals surface area (Å²) in [4.78, 5) is 32.3. The molecule has 11 heteroatoms. The molecule has 0 bridgehead atoms. The van der Waals surface area contributed by atoms with E-state index in [0.29, 0.717) is 18.9 Å². The number of hydrogen-bond acceptors (Lipinski definition) is 3. The number of nitrogens with zero attached hydrogens (tertiary/aromatic N) is 3. The van der Waals surface area contributed by atoms with Gasteiger partial charge in [-0.25, -0.2) is 13.8 Å². The zero-order valence-corrected chi connectivity index (χ0v) is 17.7. The number of anilines is 2. The van der Waals surface area contributed by atoms with Gasteiger partial charge in [-0.1, -0.05) is 11.6 Å². The molecular weight excluding hydrogens is 457 g/mol. The van der Waals surface area contributed by atoms with Crippen LogP contribution in [0.4, 0.5) is 33.5 Å². The Morgan fingerprint density at radius 1 is 1.19 bits per heavy atom. The van der Waals surface area contributed by atoms with Crippen LogP contribution in [0.3, 0.4) is 0 Å². The summed E-state index contributed by atoms with van der Waals surface area (Å²) < 4.78 is 67.8. The fourth-order valence-electron chi connectivity index (χ4n) is 4.03. The van der Waals surface area contributed by atoms with Gasteiger partial charge >= 0.3 is 6.18 Å². The van der Waals surface area contributed by atoms with Gasteiger partial charge < -0.3 is 4.90 Å². The molecule has 5 nitrogen and oxygen atoms in total. The van der Waals surface area contributed by atoms with Crippen LogP contribution in [0.1, 0.15) is 30.5 Å². The van der Waals surface area contributed by atoms with Crippen molar-refractivity contribution in [3.8, 4) is 0 Å². The van der Waals surface area contributed by atoms with Gasteiger partial charge in [0.05, 0.1) is 21.7 Å². The van der Waals surface area contributed by atoms with Crippen molar-refractivity contribution in [2.75, 3.05) is 16.8 Å². The van der Waals surface area contributed by atoms with Crippen molar-refractivity contribution in [2.45, 2.75) is 38.4 Å². The van der Waals surface area contributed by atoms with Crippen molar-refractivity contribution in [2.24, 2.45) is 5.41 Å². The van der Waals surface area contributed by atoms with E-state index in [9.17, 15) is 31.5 Å². The molecule has 2 heterocycles. The minimum absolute atomic E-state index is 0.0234. The smallest absolute Gasteiger partial charge is 0.311 e. The third kappa shape index (κ3) is 3.70. The zero-order chi connectivity index (χ0) is 23.6. The summed E-state index contributed by atoms with van der Waals surface area (Å²) >= 11 is 5.71. The van der Waals surface area contributed by atoms with Crippen molar-refractivity contribution in [1.82, 2.24) is 4.98 Å². The predicted octanol–water partition coefficient (Wildman–Crippen LogP) is 4.89. The van der Waals surface area contributed by atoms with E-state index in [1.165, 1.54) is 14.0 Å². The number of pyridine rings is 1. The lowest BCUT2D eigenvalue weighted by Gasteiger charge is -2.28. The molecule has 1 saturated heterocycles. The first-order valence-corrected chi connectivity index (χ1v) is 10.0. The number of hydrogen-bond donors (Lipinski definition) is 0. The SMILES string of the molecule is Cc1cc(C(F)(F)F)cc(N2C(=O)C3(CC3)CC2C(=O)N(C)c2cc(Cl)c(F)cc2F)n1. The normalized spacial score (nSPS) is 19.6. The Hall–Kier alpha value is -2.75. The largest absolute Gasteiger partial charge is 0.416 e. The first-order valence-electron chi connectivity index (χ1n) is 9.66. The second-order valence-corrected chi connectivity index (χ2v) is 8.55. The van der Waals surface area contributed by atoms with Gasteiger partial charge in [0.2, 0.25) is 11.8 Å². The number of amides is 2. The fraction of sp³-hybridized carbons (Fsp3) is 0.381. The first-order chi connectivity index (χ1) is 14.8. The van der Waals surface area contributed by atoms with Crippen LogP contribution in [0.15, 0.2) is 24.3 Å². The summed E-state index contributed by atoms with van der Waals surface area (Å²) in [6.45, 7) is 1.35. The van der Waals surface area contributed by atoms with Gasteiger partial charge in [0.15, 0.2) is 0 Å². The number of halogens is 6. The highest BCUT2D eigenvalue weighted by atomic mass is 35.5. The summed E-state index contributed by atoms with van der Waals surface area (Å²) in [5.74, 6) is -3.59. The number of rotatable bonds is 3. The summed E-state index contributed by atoms with van der Waals surface area (Å²) in [5, 5.41) is -0.408. The molecule has 1 atom stereocenters. The molecule has 1 aliphatic heterocycles. The Bertz CT molecular complexity index is 1130. The summed E-state index contributed by atoms with van der Waals surface area (Å²) in [7, 11) is 1.22. The Morgan fingerprint density at radius 3 is 2.44 bits per heavy atom. The molecule has 1 saturated carbocycles. The monoisotopic (exact) mass is 473 g/mol. The topological polar surface area (TPSA) is 53.5 Å². The third-order valence-electron chi connectivity index (χ3n) is 5.90. The van der Waals surface area contributed by atoms with Gasteiger partial charge in [0, 0.05) is 18.8 Å². The molecule has 2 amide bonds. The molecule has 1 spiro atoms. The lowest BCUT2D eigenvalue weighted by molar-refractivity contribution is -0.137. The maximum absolute atomic E-state index is 14.3. The van der Waals surface area contributed by atoms with Crippen LogP contribution in [0.2, 0.25) is 5.02 Å². The Labute approximate surface area is 184 Å². The molecule has 2 aromatic rings. The molecular formula is C21H17ClF5N3O2. The van der Waals surface area contributed by atoms with Gasteiger partial charge in [0.1, 0.15) is 23.5 Å². The van der Waals surface area contributed by atoms with Crippen molar-refractivity contribution in [3.05, 3.63) is 52.2 Å². The lowest BCUT2D eigenvalue weighted by atomic mass is 10.0. The van der Waals surface area contributed by atoms with E-state index in [4.69, 9.17) is 11.6 Å². The molecule has 2 fully saturated rings. The number of aromatic nitrogens is 1. The highest BCUT2D eigenvalue weighted by molar-refractivity contribution is 6.31. The van der Waals surface area contributed by atoms with E-state index >= 15 is 0 Å². The van der Waals surface area contributed by atoms with Gasteiger partial charge in [-0.15, -0.1) is 0 Å². The molecule has 170 valence electrons. The van der Waals surface area contributed by atoms with E-state index < -0.39 is 51.7 Å². The minimum atomic E-state index is -4.67. The Balaban J connectivity index is 1.75. The summed E-state index contributed by atoms with van der Waals surface area (Å²) in [6.07, 6.45) is -3.63. The number of benzene rings is 1. The van der Waals surface area contributed by atoms with E-state index in [2.05, 4.69) is 4.98 Å². The van der Waals surface area contributed by atoms with Crippen molar-refractivity contribution < 1.29 is 31.5 Å². The number of aryl methyl sites for hydroxylation is 1. The van der Waals surface area contributed by atoms with E-state index in [1.807, 2.05) is 0 Å². The lowest BCUT2D eigenvalue weighted by Crippen LogP contribution is -2.46. The third-order valence-corrected chi connectivity index (χ3v) is 6.19. The molecule has 4 rings (SSSR count). The standard InChI is InChI=1S/C21H17ClF5N3O2/c1-10-5-11(21(25,26)27)6-17(28-10)30-16(9-20(3-4-20)19(30)32)18(31)29(2)15-7-12(22)13(23)8-14(15)24/h5-8,16H,3-4,9H2,1-2H3. The predicted molar refractivity (Wildman–Crippen MR) is 106 cm³/mol. The molecule has 0 radical (unpaired) electrons. The van der Waals surface area contributed by atoms with Gasteiger partial charge in [-0.3, -0.25) is 14.5 Å². The van der Waals surface area contributed by atoms with Crippen LogP contribution >= 0.6 is 11.6 Å². The second-order valence-electron chi connectivity index (χ2n) is 8.14. The molecule has 2 aliphatic rings. The van der Waals surface area contributed by atoms with Gasteiger partial charge in [-0.2, -0.15) is 13.2 Å². The highest BCUT2D eigenvalue weighted by Gasteiger charge is 2.62.